The molecule has 0 aromatic rings. The van der Waals surface area contributed by atoms with Crippen LogP contribution in [0.15, 0.2) is 0 Å². The molecular formula is C75H146O17P2. The molecule has 0 aliphatic carbocycles. The fraction of sp³-hybridized carbons (Fsp3) is 0.947. The van der Waals surface area contributed by atoms with Crippen molar-refractivity contribution in [1.29, 1.82) is 0 Å². The molecule has 19 heteroatoms. The summed E-state index contributed by atoms with van der Waals surface area (Å²) in [5.74, 6) is -0.748. The number of phosphoric acid groups is 2. The van der Waals surface area contributed by atoms with Gasteiger partial charge in [-0.05, 0) is 37.5 Å². The van der Waals surface area contributed by atoms with E-state index < -0.39 is 97.5 Å². The third kappa shape index (κ3) is 68.6. The van der Waals surface area contributed by atoms with Gasteiger partial charge in [-0.2, -0.15) is 0 Å². The van der Waals surface area contributed by atoms with E-state index in [1.165, 1.54) is 199 Å². The van der Waals surface area contributed by atoms with E-state index in [1.807, 2.05) is 0 Å². The van der Waals surface area contributed by atoms with Crippen molar-refractivity contribution in [3.8, 4) is 0 Å². The van der Waals surface area contributed by atoms with Crippen LogP contribution in [0.2, 0.25) is 0 Å². The van der Waals surface area contributed by atoms with Crippen molar-refractivity contribution in [3.63, 3.8) is 0 Å². The van der Waals surface area contributed by atoms with Crippen LogP contribution in [0.4, 0.5) is 0 Å². The summed E-state index contributed by atoms with van der Waals surface area (Å²) in [6, 6.07) is 0. The van der Waals surface area contributed by atoms with Crippen molar-refractivity contribution >= 4 is 39.5 Å². The number of esters is 4. The zero-order valence-corrected chi connectivity index (χ0v) is 63.1. The Hall–Kier alpha value is -1.94. The topological polar surface area (TPSA) is 237 Å². The number of carbonyl (C=O) groups is 4. The quantitative estimate of drug-likeness (QED) is 0.0222. The second-order valence-corrected chi connectivity index (χ2v) is 30.9. The highest BCUT2D eigenvalue weighted by molar-refractivity contribution is 7.47. The maximum Gasteiger partial charge on any atom is 0.472 e. The van der Waals surface area contributed by atoms with Crippen LogP contribution in [0.3, 0.4) is 0 Å². The number of hydrogen-bond donors (Lipinski definition) is 3. The molecule has 3 N–H and O–H groups in total. The molecule has 0 fully saturated rings. The lowest BCUT2D eigenvalue weighted by Crippen LogP contribution is -2.30. The predicted octanol–water partition coefficient (Wildman–Crippen LogP) is 21.9. The van der Waals surface area contributed by atoms with Gasteiger partial charge in [-0.15, -0.1) is 0 Å². The maximum absolute atomic E-state index is 13.1. The molecule has 0 aliphatic heterocycles. The first kappa shape index (κ1) is 92.1. The van der Waals surface area contributed by atoms with Gasteiger partial charge in [-0.3, -0.25) is 37.3 Å². The molecule has 2 unspecified atom stereocenters. The fourth-order valence-electron chi connectivity index (χ4n) is 11.5. The van der Waals surface area contributed by atoms with Crippen molar-refractivity contribution in [1.82, 2.24) is 0 Å². The van der Waals surface area contributed by atoms with E-state index in [1.54, 1.807) is 0 Å². The number of carbonyl (C=O) groups excluding carboxylic acids is 4. The van der Waals surface area contributed by atoms with Crippen LogP contribution in [-0.4, -0.2) is 96.7 Å². The SMILES string of the molecule is CCCCCCCCCCCCCCCCCCCCCCCCC(=O)O[C@H](COC(=O)CCCCCCCCCCCCCCC)COP(=O)(O)OC[C@@H](O)COP(=O)(O)OC[C@@H](COC(=O)CCCCCCCCC(C)C)OC(=O)CCCCCCCCCC(C)C. The zero-order valence-electron chi connectivity index (χ0n) is 61.3. The van der Waals surface area contributed by atoms with Crippen LogP contribution in [0.5, 0.6) is 0 Å². The predicted molar refractivity (Wildman–Crippen MR) is 381 cm³/mol. The molecule has 558 valence electrons. The summed E-state index contributed by atoms with van der Waals surface area (Å²) in [5, 5.41) is 10.6. The average Bonchev–Trinajstić information content (AvgIpc) is 1.42. The number of phosphoric ester groups is 2. The van der Waals surface area contributed by atoms with Gasteiger partial charge in [0, 0.05) is 25.7 Å². The molecule has 94 heavy (non-hydrogen) atoms. The lowest BCUT2D eigenvalue weighted by atomic mass is 10.0. The van der Waals surface area contributed by atoms with Gasteiger partial charge < -0.3 is 33.8 Å². The minimum Gasteiger partial charge on any atom is -0.462 e. The highest BCUT2D eigenvalue weighted by Crippen LogP contribution is 2.45. The fourth-order valence-corrected chi connectivity index (χ4v) is 13.1. The molecule has 0 aliphatic rings. The van der Waals surface area contributed by atoms with Gasteiger partial charge in [0.05, 0.1) is 26.4 Å². The molecule has 0 radical (unpaired) electrons. The normalized spacial score (nSPS) is 14.0. The molecule has 0 spiro atoms. The Morgan fingerprint density at radius 2 is 0.489 bits per heavy atom. The smallest absolute Gasteiger partial charge is 0.462 e. The summed E-state index contributed by atoms with van der Waals surface area (Å²) in [6.07, 6.45) is 54.6. The molecule has 0 saturated heterocycles. The van der Waals surface area contributed by atoms with E-state index in [0.717, 1.165) is 96.3 Å². The molecule has 17 nitrogen and oxygen atoms in total. The summed E-state index contributed by atoms with van der Waals surface area (Å²) in [4.78, 5) is 72.6. The van der Waals surface area contributed by atoms with Gasteiger partial charge in [0.15, 0.2) is 12.2 Å². The van der Waals surface area contributed by atoms with Crippen molar-refractivity contribution < 1.29 is 80.2 Å². The number of ether oxygens (including phenoxy) is 4. The van der Waals surface area contributed by atoms with Crippen LogP contribution >= 0.6 is 15.6 Å². The average molecular weight is 1380 g/mol. The molecule has 5 atom stereocenters. The number of hydrogen-bond acceptors (Lipinski definition) is 15. The molecule has 0 aromatic heterocycles. The van der Waals surface area contributed by atoms with Crippen LogP contribution in [0.1, 0.15) is 388 Å². The highest BCUT2D eigenvalue weighted by Gasteiger charge is 2.30. The highest BCUT2D eigenvalue weighted by atomic mass is 31.2. The first-order chi connectivity index (χ1) is 45.4. The van der Waals surface area contributed by atoms with E-state index in [-0.39, 0.29) is 25.7 Å². The minimum absolute atomic E-state index is 0.103. The van der Waals surface area contributed by atoms with Crippen molar-refractivity contribution in [3.05, 3.63) is 0 Å². The largest absolute Gasteiger partial charge is 0.472 e. The Morgan fingerprint density at radius 3 is 0.723 bits per heavy atom. The Bertz CT molecular complexity index is 1820. The van der Waals surface area contributed by atoms with Crippen molar-refractivity contribution in [2.45, 2.75) is 407 Å². The van der Waals surface area contributed by atoms with E-state index in [2.05, 4.69) is 41.5 Å². The summed E-state index contributed by atoms with van der Waals surface area (Å²) in [5.41, 5.74) is 0. The third-order valence-electron chi connectivity index (χ3n) is 17.5. The molecule has 0 bridgehead atoms. The number of aliphatic hydroxyl groups excluding tert-OH is 1. The Balaban J connectivity index is 5.16. The lowest BCUT2D eigenvalue weighted by Gasteiger charge is -2.21. The number of aliphatic hydroxyl groups is 1. The first-order valence-electron chi connectivity index (χ1n) is 39.0. The van der Waals surface area contributed by atoms with Gasteiger partial charge in [0.25, 0.3) is 0 Å². The standard InChI is InChI=1S/C75H146O17P2/c1-7-9-11-13-15-17-19-21-22-23-24-25-26-27-28-29-31-33-35-39-47-53-59-74(79)91-70(63-85-72(77)57-51-45-38-34-32-30-20-18-16-14-12-10-8-2)65-89-93(81,82)87-61-69(76)62-88-94(83,84)90-66-71(64-86-73(78)58-52-46-42-41-44-50-56-68(5)6)92-75(80)60-54-48-40-36-37-43-49-55-67(3)4/h67-71,76H,7-66H2,1-6H3,(H,81,82)(H,83,84)/t69-,70-,71-/m1/s1. The third-order valence-corrected chi connectivity index (χ3v) is 19.4. The van der Waals surface area contributed by atoms with Crippen LogP contribution in [-0.2, 0) is 65.4 Å². The van der Waals surface area contributed by atoms with Crippen LogP contribution in [0, 0.1) is 11.8 Å². The van der Waals surface area contributed by atoms with Gasteiger partial charge in [0.2, 0.25) is 0 Å². The van der Waals surface area contributed by atoms with Gasteiger partial charge in [-0.25, -0.2) is 9.13 Å². The molecule has 0 amide bonds. The van der Waals surface area contributed by atoms with Crippen molar-refractivity contribution in [2.24, 2.45) is 11.8 Å². The van der Waals surface area contributed by atoms with Crippen molar-refractivity contribution in [2.75, 3.05) is 39.6 Å². The van der Waals surface area contributed by atoms with E-state index in [9.17, 15) is 43.2 Å². The number of unbranched alkanes of at least 4 members (excludes halogenated alkanes) is 44. The molecule has 0 saturated carbocycles. The summed E-state index contributed by atoms with van der Waals surface area (Å²) < 4.78 is 68.4. The summed E-state index contributed by atoms with van der Waals surface area (Å²) in [6.45, 7) is 9.43. The van der Waals surface area contributed by atoms with E-state index in [4.69, 9.17) is 37.0 Å². The molecule has 0 aromatic carbocycles. The molecular weight excluding hydrogens is 1230 g/mol. The molecule has 0 heterocycles. The van der Waals surface area contributed by atoms with E-state index >= 15 is 0 Å². The lowest BCUT2D eigenvalue weighted by molar-refractivity contribution is -0.161. The first-order valence-corrected chi connectivity index (χ1v) is 42.0. The maximum atomic E-state index is 13.1. The second kappa shape index (κ2) is 66.9. The van der Waals surface area contributed by atoms with Crippen LogP contribution in [0.25, 0.3) is 0 Å². The van der Waals surface area contributed by atoms with Gasteiger partial charge in [-0.1, -0.05) is 337 Å². The summed E-state index contributed by atoms with van der Waals surface area (Å²) >= 11 is 0. The number of rotatable bonds is 74. The van der Waals surface area contributed by atoms with Gasteiger partial charge >= 0.3 is 39.5 Å². The Morgan fingerprint density at radius 1 is 0.287 bits per heavy atom. The Labute approximate surface area is 575 Å². The van der Waals surface area contributed by atoms with E-state index in [0.29, 0.717) is 37.5 Å². The monoisotopic (exact) mass is 1380 g/mol. The molecule has 0 rings (SSSR count). The second-order valence-electron chi connectivity index (χ2n) is 28.0. The van der Waals surface area contributed by atoms with Gasteiger partial charge in [0.1, 0.15) is 19.3 Å². The summed E-state index contributed by atoms with van der Waals surface area (Å²) in [7, 11) is -9.90. The Kier molecular flexibility index (Phi) is 65.5. The van der Waals surface area contributed by atoms with Crippen LogP contribution < -0.4 is 0 Å². The zero-order chi connectivity index (χ0) is 69.3. The minimum atomic E-state index is -4.96.